The molecule has 12 nitrogen and oxygen atoms in total. The molecule has 0 spiro atoms. The molecule has 1 aromatic carbocycles. The molecule has 3 heterocycles. The fraction of sp³-hybridized carbons (Fsp3) is 0.364. The zero-order chi connectivity index (χ0) is 26.2. The van der Waals surface area contributed by atoms with E-state index < -0.39 is 12.9 Å². The molecule has 12 heteroatoms. The van der Waals surface area contributed by atoms with Crippen LogP contribution in [-0.2, 0) is 17.9 Å². The number of anilines is 3. The number of nitrogens with one attached hydrogen (secondary N) is 4. The summed E-state index contributed by atoms with van der Waals surface area (Å²) in [6.45, 7) is -0.632. The number of para-hydroxylation sites is 1. The predicted octanol–water partition coefficient (Wildman–Crippen LogP) is 1.30. The molecule has 1 saturated carbocycles. The van der Waals surface area contributed by atoms with E-state index in [0.717, 1.165) is 25.2 Å². The molecule has 0 saturated heterocycles. The Morgan fingerprint density at radius 1 is 1.26 bits per heavy atom. The van der Waals surface area contributed by atoms with Crippen LogP contribution in [0.3, 0.4) is 0 Å². The maximum atomic E-state index is 12.7. The third kappa shape index (κ3) is 4.27. The lowest BCUT2D eigenvalue weighted by Crippen LogP contribution is -2.28. The number of hydrogen-bond acceptors (Lipinski definition) is 9. The largest absolute Gasteiger partial charge is 0.494 e. The highest BCUT2D eigenvalue weighted by Gasteiger charge is 2.30. The van der Waals surface area contributed by atoms with Gasteiger partial charge in [-0.15, -0.1) is 10.2 Å². The van der Waals surface area contributed by atoms with Crippen molar-refractivity contribution >= 4 is 29.0 Å². The first-order chi connectivity index (χ1) is 17.7. The van der Waals surface area contributed by atoms with Gasteiger partial charge in [0.15, 0.2) is 23.1 Å². The van der Waals surface area contributed by atoms with Crippen LogP contribution in [0.5, 0.6) is 5.75 Å². The number of fused-ring (bicyclic) bond motifs is 1. The van der Waals surface area contributed by atoms with Crippen LogP contribution in [0.2, 0.25) is 0 Å². The highest BCUT2D eigenvalue weighted by molar-refractivity contribution is 6.00. The van der Waals surface area contributed by atoms with Crippen molar-refractivity contribution in [3.05, 3.63) is 35.8 Å². The number of ether oxygens (including phenoxy) is 1. The van der Waals surface area contributed by atoms with Crippen LogP contribution in [0.1, 0.15) is 33.3 Å². The van der Waals surface area contributed by atoms with E-state index in [9.17, 15) is 9.59 Å². The van der Waals surface area contributed by atoms with Crippen molar-refractivity contribution in [1.29, 1.82) is 0 Å². The fourth-order valence-corrected chi connectivity index (χ4v) is 3.71. The second-order valence-corrected chi connectivity index (χ2v) is 7.97. The van der Waals surface area contributed by atoms with Gasteiger partial charge in [0.25, 0.3) is 5.91 Å². The number of amides is 2. The SMILES string of the molecule is [2H]C([2H])([2H])NC(=O)c1nnc(NC(=O)C2CC2)cc1Nc1cccc(-c2nc3n(n2)CCNC3)c1OC. The molecule has 5 rings (SSSR count). The lowest BCUT2D eigenvalue weighted by Gasteiger charge is -2.16. The molecule has 4 N–H and O–H groups in total. The standard InChI is InChI=1S/C22H25N9O3/c1-23-22(33)18-15(10-16(28-29-18)26-21(32)12-6-7-12)25-14-5-3-4-13(19(14)34-2)20-27-17-11-24-8-9-31(17)30-20/h3-5,10,12,24H,6-9,11H2,1-2H3,(H,23,33)(H2,25,26,28,32)/i1D3. The zero-order valence-electron chi connectivity index (χ0n) is 21.4. The lowest BCUT2D eigenvalue weighted by atomic mass is 10.1. The maximum absolute atomic E-state index is 12.7. The topological polar surface area (TPSA) is 148 Å². The van der Waals surface area contributed by atoms with Crippen molar-refractivity contribution < 1.29 is 18.4 Å². The summed E-state index contributed by atoms with van der Waals surface area (Å²) in [6.07, 6.45) is 1.60. The number of carbonyl (C=O) groups excluding carboxylic acids is 2. The summed E-state index contributed by atoms with van der Waals surface area (Å²) in [6, 6.07) is 6.72. The van der Waals surface area contributed by atoms with Crippen LogP contribution in [0.4, 0.5) is 17.2 Å². The molecule has 2 aliphatic rings. The Morgan fingerprint density at radius 2 is 2.15 bits per heavy atom. The van der Waals surface area contributed by atoms with Crippen molar-refractivity contribution in [3.63, 3.8) is 0 Å². The second kappa shape index (κ2) is 9.06. The Bertz CT molecular complexity index is 1330. The molecule has 0 atom stereocenters. The number of carbonyl (C=O) groups is 2. The molecule has 2 amide bonds. The van der Waals surface area contributed by atoms with Crippen molar-refractivity contribution in [3.8, 4) is 17.1 Å². The summed E-state index contributed by atoms with van der Waals surface area (Å²) in [5, 5.41) is 23.3. The van der Waals surface area contributed by atoms with Crippen LogP contribution in [-0.4, -0.2) is 57.4 Å². The van der Waals surface area contributed by atoms with Gasteiger partial charge in [0, 0.05) is 29.6 Å². The third-order valence-corrected chi connectivity index (χ3v) is 5.58. The van der Waals surface area contributed by atoms with E-state index in [4.69, 9.17) is 8.85 Å². The molecule has 0 radical (unpaired) electrons. The molecule has 176 valence electrons. The van der Waals surface area contributed by atoms with E-state index >= 15 is 0 Å². The van der Waals surface area contributed by atoms with Gasteiger partial charge in [-0.3, -0.25) is 9.59 Å². The Labute approximate surface area is 199 Å². The van der Waals surface area contributed by atoms with Crippen molar-refractivity contribution in [2.24, 2.45) is 5.92 Å². The summed E-state index contributed by atoms with van der Waals surface area (Å²) >= 11 is 0. The van der Waals surface area contributed by atoms with Crippen LogP contribution >= 0.6 is 0 Å². The predicted molar refractivity (Wildman–Crippen MR) is 124 cm³/mol. The van der Waals surface area contributed by atoms with Gasteiger partial charge in [0.05, 0.1) is 37.1 Å². The van der Waals surface area contributed by atoms with Gasteiger partial charge in [0.1, 0.15) is 5.82 Å². The second-order valence-electron chi connectivity index (χ2n) is 7.97. The maximum Gasteiger partial charge on any atom is 0.273 e. The van der Waals surface area contributed by atoms with E-state index in [1.807, 2.05) is 16.1 Å². The van der Waals surface area contributed by atoms with Gasteiger partial charge in [0.2, 0.25) is 5.91 Å². The number of methoxy groups -OCH3 is 1. The Hall–Kier alpha value is -4.06. The zero-order valence-corrected chi connectivity index (χ0v) is 18.4. The summed E-state index contributed by atoms with van der Waals surface area (Å²) in [5.41, 5.74) is 0.919. The molecule has 0 unspecified atom stereocenters. The number of hydrogen-bond donors (Lipinski definition) is 4. The van der Waals surface area contributed by atoms with Crippen molar-refractivity contribution in [2.75, 3.05) is 31.3 Å². The lowest BCUT2D eigenvalue weighted by molar-refractivity contribution is -0.117. The summed E-state index contributed by atoms with van der Waals surface area (Å²) < 4.78 is 29.6. The minimum absolute atomic E-state index is 0.0723. The Kier molecular flexibility index (Phi) is 4.90. The first-order valence-electron chi connectivity index (χ1n) is 12.3. The first kappa shape index (κ1) is 18.4. The number of aromatic nitrogens is 5. The molecule has 2 aromatic heterocycles. The molecular weight excluding hydrogens is 438 g/mol. The van der Waals surface area contributed by atoms with E-state index in [2.05, 4.69) is 36.2 Å². The average molecular weight is 467 g/mol. The number of benzene rings is 1. The van der Waals surface area contributed by atoms with Gasteiger partial charge < -0.3 is 26.0 Å². The van der Waals surface area contributed by atoms with E-state index in [0.29, 0.717) is 35.9 Å². The van der Waals surface area contributed by atoms with Gasteiger partial charge in [-0.1, -0.05) is 6.07 Å². The van der Waals surface area contributed by atoms with Crippen LogP contribution in [0.25, 0.3) is 11.4 Å². The highest BCUT2D eigenvalue weighted by atomic mass is 16.5. The van der Waals surface area contributed by atoms with Gasteiger partial charge in [-0.25, -0.2) is 9.67 Å². The van der Waals surface area contributed by atoms with Crippen molar-refractivity contribution in [2.45, 2.75) is 25.9 Å². The minimum Gasteiger partial charge on any atom is -0.494 e. The van der Waals surface area contributed by atoms with Gasteiger partial charge in [-0.2, -0.15) is 5.10 Å². The number of rotatable bonds is 7. The monoisotopic (exact) mass is 466 g/mol. The number of nitrogens with zero attached hydrogens (tertiary/aromatic N) is 5. The summed E-state index contributed by atoms with van der Waals surface area (Å²) in [7, 11) is 1.50. The average Bonchev–Trinajstić information content (AvgIpc) is 3.61. The molecule has 1 fully saturated rings. The minimum atomic E-state index is -2.73. The van der Waals surface area contributed by atoms with Crippen LogP contribution < -0.4 is 26.0 Å². The van der Waals surface area contributed by atoms with E-state index in [-0.39, 0.29) is 29.0 Å². The Balaban J connectivity index is 1.51. The highest BCUT2D eigenvalue weighted by Crippen LogP contribution is 2.37. The van der Waals surface area contributed by atoms with Gasteiger partial charge >= 0.3 is 0 Å². The van der Waals surface area contributed by atoms with Gasteiger partial charge in [-0.05, 0) is 25.0 Å². The molecule has 1 aliphatic carbocycles. The molecule has 34 heavy (non-hydrogen) atoms. The summed E-state index contributed by atoms with van der Waals surface area (Å²) in [4.78, 5) is 29.6. The van der Waals surface area contributed by atoms with E-state index in [1.54, 1.807) is 12.1 Å². The first-order valence-corrected chi connectivity index (χ1v) is 10.8. The quantitative estimate of drug-likeness (QED) is 0.404. The van der Waals surface area contributed by atoms with Crippen LogP contribution in [0, 0.1) is 5.92 Å². The molecular formula is C22H25N9O3. The normalized spacial score (nSPS) is 16.4. The smallest absolute Gasteiger partial charge is 0.273 e. The van der Waals surface area contributed by atoms with Crippen molar-refractivity contribution in [1.82, 2.24) is 35.6 Å². The van der Waals surface area contributed by atoms with E-state index in [1.165, 1.54) is 13.2 Å². The third-order valence-electron chi connectivity index (χ3n) is 5.58. The fourth-order valence-electron chi connectivity index (χ4n) is 3.71. The van der Waals surface area contributed by atoms with Crippen LogP contribution in [0.15, 0.2) is 24.3 Å². The molecule has 0 bridgehead atoms. The Morgan fingerprint density at radius 3 is 2.91 bits per heavy atom. The summed E-state index contributed by atoms with van der Waals surface area (Å²) in [5.74, 6) is 0.586. The molecule has 3 aromatic rings. The molecule has 1 aliphatic heterocycles.